The fraction of sp³-hybridized carbons (Fsp3) is 0.533. The van der Waals surface area contributed by atoms with Crippen molar-refractivity contribution in [3.8, 4) is 0 Å². The van der Waals surface area contributed by atoms with Crippen LogP contribution in [0.15, 0.2) is 24.3 Å². The summed E-state index contributed by atoms with van der Waals surface area (Å²) in [6.45, 7) is 7.51. The SMILES string of the molecule is CC(C)C(=O)N1C[C@H](c2cccc(Cl)c2)NC[C@H]1C. The Labute approximate surface area is 119 Å². The van der Waals surface area contributed by atoms with E-state index in [1.807, 2.05) is 36.9 Å². The van der Waals surface area contributed by atoms with Crippen molar-refractivity contribution in [2.24, 2.45) is 5.92 Å². The summed E-state index contributed by atoms with van der Waals surface area (Å²) in [4.78, 5) is 14.2. The van der Waals surface area contributed by atoms with Crippen LogP contribution in [0.5, 0.6) is 0 Å². The minimum absolute atomic E-state index is 0.0422. The summed E-state index contributed by atoms with van der Waals surface area (Å²) in [7, 11) is 0. The third-order valence-electron chi connectivity index (χ3n) is 3.60. The maximum absolute atomic E-state index is 12.2. The molecule has 1 amide bonds. The molecule has 104 valence electrons. The van der Waals surface area contributed by atoms with E-state index in [4.69, 9.17) is 11.6 Å². The van der Waals surface area contributed by atoms with Gasteiger partial charge in [-0.25, -0.2) is 0 Å². The molecule has 1 aromatic carbocycles. The Kier molecular flexibility index (Phi) is 4.48. The molecule has 1 aliphatic rings. The number of hydrogen-bond donors (Lipinski definition) is 1. The van der Waals surface area contributed by atoms with E-state index in [1.54, 1.807) is 0 Å². The summed E-state index contributed by atoms with van der Waals surface area (Å²) in [5.74, 6) is 0.265. The number of nitrogens with one attached hydrogen (secondary N) is 1. The first kappa shape index (κ1) is 14.4. The molecule has 1 fully saturated rings. The summed E-state index contributed by atoms with van der Waals surface area (Å²) >= 11 is 6.03. The predicted molar refractivity (Wildman–Crippen MR) is 78.2 cm³/mol. The van der Waals surface area contributed by atoms with E-state index >= 15 is 0 Å². The van der Waals surface area contributed by atoms with Gasteiger partial charge in [0.05, 0.1) is 6.04 Å². The first-order chi connectivity index (χ1) is 8.99. The molecule has 1 heterocycles. The Hall–Kier alpha value is -1.06. The number of benzene rings is 1. The lowest BCUT2D eigenvalue weighted by Crippen LogP contribution is -2.54. The van der Waals surface area contributed by atoms with Gasteiger partial charge < -0.3 is 10.2 Å². The van der Waals surface area contributed by atoms with Crippen LogP contribution in [-0.4, -0.2) is 29.9 Å². The van der Waals surface area contributed by atoms with Crippen LogP contribution in [-0.2, 0) is 4.79 Å². The highest BCUT2D eigenvalue weighted by molar-refractivity contribution is 6.30. The molecule has 1 saturated heterocycles. The predicted octanol–water partition coefficient (Wildman–Crippen LogP) is 2.86. The van der Waals surface area contributed by atoms with Crippen molar-refractivity contribution < 1.29 is 4.79 Å². The summed E-state index contributed by atoms with van der Waals surface area (Å²) in [6, 6.07) is 8.24. The number of hydrogen-bond acceptors (Lipinski definition) is 2. The number of halogens is 1. The highest BCUT2D eigenvalue weighted by Gasteiger charge is 2.30. The van der Waals surface area contributed by atoms with Crippen LogP contribution in [0.2, 0.25) is 5.02 Å². The van der Waals surface area contributed by atoms with Crippen LogP contribution in [0.25, 0.3) is 0 Å². The highest BCUT2D eigenvalue weighted by atomic mass is 35.5. The van der Waals surface area contributed by atoms with Gasteiger partial charge in [-0.1, -0.05) is 37.6 Å². The molecule has 0 spiro atoms. The number of carbonyl (C=O) groups is 1. The Balaban J connectivity index is 2.15. The van der Waals surface area contributed by atoms with Gasteiger partial charge in [-0.05, 0) is 24.6 Å². The second-order valence-corrected chi connectivity index (χ2v) is 5.95. The number of carbonyl (C=O) groups excluding carboxylic acids is 1. The molecule has 19 heavy (non-hydrogen) atoms. The van der Waals surface area contributed by atoms with Gasteiger partial charge >= 0.3 is 0 Å². The van der Waals surface area contributed by atoms with E-state index in [-0.39, 0.29) is 23.9 Å². The Morgan fingerprint density at radius 1 is 1.47 bits per heavy atom. The molecule has 0 saturated carbocycles. The molecule has 0 unspecified atom stereocenters. The molecule has 4 heteroatoms. The molecule has 2 atom stereocenters. The van der Waals surface area contributed by atoms with Crippen molar-refractivity contribution >= 4 is 17.5 Å². The van der Waals surface area contributed by atoms with E-state index in [9.17, 15) is 4.79 Å². The normalized spacial score (nSPS) is 23.7. The zero-order valence-corrected chi connectivity index (χ0v) is 12.4. The van der Waals surface area contributed by atoms with E-state index in [0.717, 1.165) is 17.1 Å². The smallest absolute Gasteiger partial charge is 0.225 e. The second kappa shape index (κ2) is 5.93. The number of amides is 1. The zero-order valence-electron chi connectivity index (χ0n) is 11.7. The van der Waals surface area contributed by atoms with E-state index in [0.29, 0.717) is 6.54 Å². The van der Waals surface area contributed by atoms with Crippen LogP contribution < -0.4 is 5.32 Å². The van der Waals surface area contributed by atoms with Crippen LogP contribution in [0.4, 0.5) is 0 Å². The van der Waals surface area contributed by atoms with Crippen molar-refractivity contribution in [2.75, 3.05) is 13.1 Å². The van der Waals surface area contributed by atoms with Crippen LogP contribution in [0.1, 0.15) is 32.4 Å². The summed E-state index contributed by atoms with van der Waals surface area (Å²) in [6.07, 6.45) is 0. The molecule has 0 aliphatic carbocycles. The van der Waals surface area contributed by atoms with Gasteiger partial charge in [-0.15, -0.1) is 0 Å². The fourth-order valence-electron chi connectivity index (χ4n) is 2.45. The van der Waals surface area contributed by atoms with Crippen molar-refractivity contribution in [1.82, 2.24) is 10.2 Å². The fourth-order valence-corrected chi connectivity index (χ4v) is 2.65. The molecule has 1 aromatic rings. The topological polar surface area (TPSA) is 32.3 Å². The third kappa shape index (κ3) is 3.28. The number of piperazine rings is 1. The van der Waals surface area contributed by atoms with Crippen LogP contribution in [0.3, 0.4) is 0 Å². The summed E-state index contributed by atoms with van der Waals surface area (Å²) in [5.41, 5.74) is 1.14. The standard InChI is InChI=1S/C15H21ClN2O/c1-10(2)15(19)18-9-14(17-8-11(18)3)12-5-4-6-13(16)7-12/h4-7,10-11,14,17H,8-9H2,1-3H3/t11-,14-/m1/s1. The van der Waals surface area contributed by atoms with Crippen molar-refractivity contribution in [1.29, 1.82) is 0 Å². The Morgan fingerprint density at radius 2 is 2.21 bits per heavy atom. The minimum Gasteiger partial charge on any atom is -0.337 e. The van der Waals surface area contributed by atoms with Crippen molar-refractivity contribution in [2.45, 2.75) is 32.9 Å². The van der Waals surface area contributed by atoms with Gasteiger partial charge in [0.25, 0.3) is 0 Å². The quantitative estimate of drug-likeness (QED) is 0.903. The van der Waals surface area contributed by atoms with Crippen LogP contribution in [0, 0.1) is 5.92 Å². The van der Waals surface area contributed by atoms with Crippen molar-refractivity contribution in [3.63, 3.8) is 0 Å². The molecule has 3 nitrogen and oxygen atoms in total. The number of nitrogens with zero attached hydrogens (tertiary/aromatic N) is 1. The lowest BCUT2D eigenvalue weighted by Gasteiger charge is -2.40. The molecular formula is C15H21ClN2O. The molecule has 0 aromatic heterocycles. The second-order valence-electron chi connectivity index (χ2n) is 5.51. The number of rotatable bonds is 2. The van der Waals surface area contributed by atoms with Crippen molar-refractivity contribution in [3.05, 3.63) is 34.9 Å². The molecule has 1 N–H and O–H groups in total. The van der Waals surface area contributed by atoms with E-state index in [2.05, 4.69) is 18.3 Å². The largest absolute Gasteiger partial charge is 0.337 e. The lowest BCUT2D eigenvalue weighted by molar-refractivity contribution is -0.138. The monoisotopic (exact) mass is 280 g/mol. The minimum atomic E-state index is 0.0422. The van der Waals surface area contributed by atoms with Gasteiger partial charge in [-0.2, -0.15) is 0 Å². The Morgan fingerprint density at radius 3 is 2.84 bits per heavy atom. The average molecular weight is 281 g/mol. The Bertz CT molecular complexity index is 461. The molecule has 1 aliphatic heterocycles. The maximum Gasteiger partial charge on any atom is 0.225 e. The van der Waals surface area contributed by atoms with E-state index < -0.39 is 0 Å². The van der Waals surface area contributed by atoms with Gasteiger partial charge in [-0.3, -0.25) is 4.79 Å². The van der Waals surface area contributed by atoms with Gasteiger partial charge in [0.1, 0.15) is 0 Å². The average Bonchev–Trinajstić information content (AvgIpc) is 2.38. The molecule has 0 bridgehead atoms. The maximum atomic E-state index is 12.2. The first-order valence-corrected chi connectivity index (χ1v) is 7.16. The first-order valence-electron chi connectivity index (χ1n) is 6.78. The van der Waals surface area contributed by atoms with Gasteiger partial charge in [0.15, 0.2) is 0 Å². The zero-order chi connectivity index (χ0) is 14.0. The molecular weight excluding hydrogens is 260 g/mol. The molecule has 0 radical (unpaired) electrons. The third-order valence-corrected chi connectivity index (χ3v) is 3.83. The van der Waals surface area contributed by atoms with Crippen LogP contribution >= 0.6 is 11.6 Å². The summed E-state index contributed by atoms with van der Waals surface area (Å²) in [5, 5.41) is 4.22. The van der Waals surface area contributed by atoms with Gasteiger partial charge in [0.2, 0.25) is 5.91 Å². The van der Waals surface area contributed by atoms with E-state index in [1.165, 1.54) is 0 Å². The highest BCUT2D eigenvalue weighted by Crippen LogP contribution is 2.23. The van der Waals surface area contributed by atoms with Gasteiger partial charge in [0, 0.05) is 30.1 Å². The molecule has 2 rings (SSSR count). The lowest BCUT2D eigenvalue weighted by atomic mass is 10.0. The summed E-state index contributed by atoms with van der Waals surface area (Å²) < 4.78 is 0.